The van der Waals surface area contributed by atoms with Crippen LogP contribution in [0.1, 0.15) is 26.7 Å². The molecule has 0 aromatic rings. The second kappa shape index (κ2) is 6.34. The van der Waals surface area contributed by atoms with E-state index < -0.39 is 10.0 Å². The van der Waals surface area contributed by atoms with Crippen molar-refractivity contribution in [1.29, 1.82) is 0 Å². The third-order valence-electron chi connectivity index (χ3n) is 2.08. The van der Waals surface area contributed by atoms with Crippen LogP contribution in [0.4, 0.5) is 0 Å². The van der Waals surface area contributed by atoms with Crippen molar-refractivity contribution in [1.82, 2.24) is 4.72 Å². The Morgan fingerprint density at radius 1 is 1.31 bits per heavy atom. The van der Waals surface area contributed by atoms with E-state index in [-0.39, 0.29) is 11.7 Å². The SMILES string of the molecule is CCC(CC)CS(=O)(=O)NCCN. The summed E-state index contributed by atoms with van der Waals surface area (Å²) >= 11 is 0. The Kier molecular flexibility index (Phi) is 6.28. The first-order valence-corrected chi connectivity index (χ1v) is 6.38. The highest BCUT2D eigenvalue weighted by Gasteiger charge is 2.15. The van der Waals surface area contributed by atoms with E-state index in [4.69, 9.17) is 5.73 Å². The molecular formula is C8H20N2O2S. The fraction of sp³-hybridized carbons (Fsp3) is 1.00. The summed E-state index contributed by atoms with van der Waals surface area (Å²) in [6, 6.07) is 0. The molecule has 0 amide bonds. The molecule has 0 atom stereocenters. The maximum absolute atomic E-state index is 11.4. The Morgan fingerprint density at radius 3 is 2.23 bits per heavy atom. The molecule has 0 aliphatic carbocycles. The van der Waals surface area contributed by atoms with E-state index in [9.17, 15) is 8.42 Å². The molecule has 0 saturated carbocycles. The first-order valence-electron chi connectivity index (χ1n) is 4.73. The van der Waals surface area contributed by atoms with Gasteiger partial charge in [-0.15, -0.1) is 0 Å². The van der Waals surface area contributed by atoms with Crippen molar-refractivity contribution in [3.05, 3.63) is 0 Å². The Hall–Kier alpha value is -0.130. The Bertz CT molecular complexity index is 210. The summed E-state index contributed by atoms with van der Waals surface area (Å²) in [6.45, 7) is 4.70. The van der Waals surface area contributed by atoms with Gasteiger partial charge in [0, 0.05) is 13.1 Å². The molecule has 80 valence electrons. The van der Waals surface area contributed by atoms with Crippen LogP contribution in [0.15, 0.2) is 0 Å². The van der Waals surface area contributed by atoms with Crippen molar-refractivity contribution in [2.45, 2.75) is 26.7 Å². The van der Waals surface area contributed by atoms with Gasteiger partial charge in [-0.1, -0.05) is 26.7 Å². The van der Waals surface area contributed by atoms with Crippen LogP contribution in [0.5, 0.6) is 0 Å². The van der Waals surface area contributed by atoms with Crippen molar-refractivity contribution >= 4 is 10.0 Å². The molecule has 5 heteroatoms. The van der Waals surface area contributed by atoms with Gasteiger partial charge in [-0.05, 0) is 5.92 Å². The predicted molar refractivity (Wildman–Crippen MR) is 54.9 cm³/mol. The average Bonchev–Trinajstić information content (AvgIpc) is 2.11. The minimum Gasteiger partial charge on any atom is -0.329 e. The molecule has 0 aromatic heterocycles. The van der Waals surface area contributed by atoms with Gasteiger partial charge in [0.05, 0.1) is 5.75 Å². The third kappa shape index (κ3) is 6.01. The van der Waals surface area contributed by atoms with Crippen molar-refractivity contribution < 1.29 is 8.42 Å². The Labute approximate surface area is 80.9 Å². The highest BCUT2D eigenvalue weighted by molar-refractivity contribution is 7.89. The van der Waals surface area contributed by atoms with E-state index in [2.05, 4.69) is 4.72 Å². The van der Waals surface area contributed by atoms with Crippen LogP contribution < -0.4 is 10.5 Å². The third-order valence-corrected chi connectivity index (χ3v) is 3.63. The molecule has 0 rings (SSSR count). The van der Waals surface area contributed by atoms with Crippen LogP contribution in [0, 0.1) is 5.92 Å². The lowest BCUT2D eigenvalue weighted by Gasteiger charge is -2.12. The van der Waals surface area contributed by atoms with E-state index in [0.29, 0.717) is 13.1 Å². The summed E-state index contributed by atoms with van der Waals surface area (Å²) in [4.78, 5) is 0. The Balaban J connectivity index is 4.00. The van der Waals surface area contributed by atoms with Gasteiger partial charge in [0.25, 0.3) is 0 Å². The standard InChI is InChI=1S/C8H20N2O2S/c1-3-8(4-2)7-13(11,12)10-6-5-9/h8,10H,3-7,9H2,1-2H3. The first-order chi connectivity index (χ1) is 6.05. The van der Waals surface area contributed by atoms with Gasteiger partial charge in [0.2, 0.25) is 10.0 Å². The van der Waals surface area contributed by atoms with Crippen molar-refractivity contribution in [3.8, 4) is 0 Å². The van der Waals surface area contributed by atoms with Crippen molar-refractivity contribution in [3.63, 3.8) is 0 Å². The highest BCUT2D eigenvalue weighted by Crippen LogP contribution is 2.09. The van der Waals surface area contributed by atoms with Gasteiger partial charge >= 0.3 is 0 Å². The van der Waals surface area contributed by atoms with Gasteiger partial charge in [0.1, 0.15) is 0 Å². The fourth-order valence-electron chi connectivity index (χ4n) is 1.11. The summed E-state index contributed by atoms with van der Waals surface area (Å²) in [5.41, 5.74) is 5.20. The molecule has 0 fully saturated rings. The molecule has 0 unspecified atom stereocenters. The van der Waals surface area contributed by atoms with Gasteiger partial charge in [-0.3, -0.25) is 0 Å². The molecule has 0 bridgehead atoms. The van der Waals surface area contributed by atoms with Crippen molar-refractivity contribution in [2.75, 3.05) is 18.8 Å². The second-order valence-electron chi connectivity index (χ2n) is 3.15. The van der Waals surface area contributed by atoms with E-state index >= 15 is 0 Å². The summed E-state index contributed by atoms with van der Waals surface area (Å²) < 4.78 is 25.2. The lowest BCUT2D eigenvalue weighted by atomic mass is 10.1. The zero-order valence-corrected chi connectivity index (χ0v) is 9.23. The number of hydrogen-bond acceptors (Lipinski definition) is 3. The van der Waals surface area contributed by atoms with E-state index in [1.54, 1.807) is 0 Å². The molecule has 0 heterocycles. The zero-order chi connectivity index (χ0) is 10.3. The largest absolute Gasteiger partial charge is 0.329 e. The lowest BCUT2D eigenvalue weighted by molar-refractivity contribution is 0.517. The maximum Gasteiger partial charge on any atom is 0.211 e. The van der Waals surface area contributed by atoms with Crippen LogP contribution in [0.25, 0.3) is 0 Å². The van der Waals surface area contributed by atoms with Crippen LogP contribution in [0.2, 0.25) is 0 Å². The predicted octanol–water partition coefficient (Wildman–Crippen LogP) is 0.301. The van der Waals surface area contributed by atoms with Gasteiger partial charge in [0.15, 0.2) is 0 Å². The number of sulfonamides is 1. The molecule has 0 aliphatic rings. The minimum atomic E-state index is -3.10. The Morgan fingerprint density at radius 2 is 1.85 bits per heavy atom. The lowest BCUT2D eigenvalue weighted by Crippen LogP contribution is -2.33. The number of nitrogens with two attached hydrogens (primary N) is 1. The van der Waals surface area contributed by atoms with Crippen LogP contribution in [-0.4, -0.2) is 27.3 Å². The smallest absolute Gasteiger partial charge is 0.211 e. The minimum absolute atomic E-state index is 0.222. The van der Waals surface area contributed by atoms with E-state index in [1.165, 1.54) is 0 Å². The van der Waals surface area contributed by atoms with Gasteiger partial charge < -0.3 is 5.73 Å². The summed E-state index contributed by atoms with van der Waals surface area (Å²) in [5.74, 6) is 0.482. The first kappa shape index (κ1) is 12.9. The molecule has 0 saturated heterocycles. The quantitative estimate of drug-likeness (QED) is 0.632. The maximum atomic E-state index is 11.4. The summed E-state index contributed by atoms with van der Waals surface area (Å²) in [7, 11) is -3.10. The number of rotatable bonds is 7. The van der Waals surface area contributed by atoms with Gasteiger partial charge in [-0.2, -0.15) is 0 Å². The molecule has 13 heavy (non-hydrogen) atoms. The molecule has 0 radical (unpaired) electrons. The molecule has 3 N–H and O–H groups in total. The van der Waals surface area contributed by atoms with E-state index in [1.807, 2.05) is 13.8 Å². The average molecular weight is 208 g/mol. The van der Waals surface area contributed by atoms with Gasteiger partial charge in [-0.25, -0.2) is 13.1 Å². The van der Waals surface area contributed by atoms with Crippen LogP contribution >= 0.6 is 0 Å². The van der Waals surface area contributed by atoms with Crippen molar-refractivity contribution in [2.24, 2.45) is 11.7 Å². The molecule has 0 aliphatic heterocycles. The summed E-state index contributed by atoms with van der Waals surface area (Å²) in [5, 5.41) is 0. The van der Waals surface area contributed by atoms with Crippen LogP contribution in [-0.2, 0) is 10.0 Å². The molecule has 0 spiro atoms. The number of hydrogen-bond donors (Lipinski definition) is 2. The van der Waals surface area contributed by atoms with Crippen LogP contribution in [0.3, 0.4) is 0 Å². The number of nitrogens with one attached hydrogen (secondary N) is 1. The summed E-state index contributed by atoms with van der Waals surface area (Å²) in [6.07, 6.45) is 1.81. The molecule has 0 aromatic carbocycles. The zero-order valence-electron chi connectivity index (χ0n) is 8.41. The molecular weight excluding hydrogens is 188 g/mol. The highest BCUT2D eigenvalue weighted by atomic mass is 32.2. The molecule has 4 nitrogen and oxygen atoms in total. The second-order valence-corrected chi connectivity index (χ2v) is 5.00. The fourth-order valence-corrected chi connectivity index (χ4v) is 2.75. The monoisotopic (exact) mass is 208 g/mol. The normalized spacial score (nSPS) is 12.3. The van der Waals surface area contributed by atoms with E-state index in [0.717, 1.165) is 12.8 Å². The topological polar surface area (TPSA) is 72.2 Å².